The fourth-order valence-corrected chi connectivity index (χ4v) is 4.22. The van der Waals surface area contributed by atoms with E-state index in [1.54, 1.807) is 14.2 Å². The number of nitriles is 1. The average molecular weight is 375 g/mol. The summed E-state index contributed by atoms with van der Waals surface area (Å²) >= 11 is 0. The van der Waals surface area contributed by atoms with Gasteiger partial charge in [0.1, 0.15) is 0 Å². The lowest BCUT2D eigenvalue weighted by Crippen LogP contribution is -2.46. The molecule has 2 heterocycles. The summed E-state index contributed by atoms with van der Waals surface area (Å²) in [5.41, 5.74) is 5.42. The molecule has 5 nitrogen and oxygen atoms in total. The van der Waals surface area contributed by atoms with Crippen molar-refractivity contribution in [2.45, 2.75) is 19.4 Å². The van der Waals surface area contributed by atoms with Crippen molar-refractivity contribution >= 4 is 5.70 Å². The first-order valence-electron chi connectivity index (χ1n) is 9.58. The van der Waals surface area contributed by atoms with Crippen molar-refractivity contribution in [1.29, 1.82) is 5.26 Å². The number of rotatable bonds is 4. The highest BCUT2D eigenvalue weighted by Crippen LogP contribution is 2.41. The number of methoxy groups -OCH3 is 2. The van der Waals surface area contributed by atoms with Crippen LogP contribution in [0.3, 0.4) is 0 Å². The molecule has 1 unspecified atom stereocenters. The summed E-state index contributed by atoms with van der Waals surface area (Å²) in [6, 6.07) is 17.3. The Kier molecular flexibility index (Phi) is 4.97. The van der Waals surface area contributed by atoms with Crippen LogP contribution in [0.25, 0.3) is 5.70 Å². The van der Waals surface area contributed by atoms with Crippen LogP contribution in [0, 0.1) is 11.3 Å². The maximum atomic E-state index is 9.94. The largest absolute Gasteiger partial charge is 0.493 e. The number of hydrogen-bond donors (Lipinski definition) is 0. The lowest BCUT2D eigenvalue weighted by Gasteiger charge is -2.44. The topological polar surface area (TPSA) is 48.7 Å². The first-order valence-corrected chi connectivity index (χ1v) is 9.58. The molecular formula is C23H25N3O2. The summed E-state index contributed by atoms with van der Waals surface area (Å²) in [4.78, 5) is 4.69. The van der Waals surface area contributed by atoms with Gasteiger partial charge in [0, 0.05) is 24.7 Å². The van der Waals surface area contributed by atoms with Gasteiger partial charge in [-0.05, 0) is 36.6 Å². The number of benzene rings is 2. The molecule has 2 aromatic carbocycles. The van der Waals surface area contributed by atoms with Crippen LogP contribution in [-0.4, -0.2) is 43.8 Å². The predicted molar refractivity (Wildman–Crippen MR) is 109 cm³/mol. The average Bonchev–Trinajstić information content (AvgIpc) is 2.76. The third-order valence-corrected chi connectivity index (χ3v) is 5.80. The molecule has 0 saturated heterocycles. The Morgan fingerprint density at radius 3 is 2.46 bits per heavy atom. The molecule has 0 fully saturated rings. The summed E-state index contributed by atoms with van der Waals surface area (Å²) < 4.78 is 11.0. The van der Waals surface area contributed by atoms with Crippen molar-refractivity contribution in [2.24, 2.45) is 0 Å². The molecule has 0 radical (unpaired) electrons. The monoisotopic (exact) mass is 375 g/mol. The highest BCUT2D eigenvalue weighted by atomic mass is 16.5. The first kappa shape index (κ1) is 18.4. The van der Waals surface area contributed by atoms with Gasteiger partial charge in [-0.1, -0.05) is 30.3 Å². The van der Waals surface area contributed by atoms with Gasteiger partial charge in [-0.3, -0.25) is 4.90 Å². The maximum Gasteiger partial charge on any atom is 0.161 e. The minimum Gasteiger partial charge on any atom is -0.493 e. The quantitative estimate of drug-likeness (QED) is 0.813. The van der Waals surface area contributed by atoms with E-state index in [-0.39, 0.29) is 6.04 Å². The van der Waals surface area contributed by atoms with Crippen molar-refractivity contribution in [3.05, 3.63) is 64.7 Å². The molecule has 0 aromatic heterocycles. The number of hydrogen-bond acceptors (Lipinski definition) is 5. The number of nitrogens with zero attached hydrogens (tertiary/aromatic N) is 3. The van der Waals surface area contributed by atoms with E-state index in [1.165, 1.54) is 11.1 Å². The molecule has 28 heavy (non-hydrogen) atoms. The van der Waals surface area contributed by atoms with E-state index in [9.17, 15) is 5.26 Å². The van der Waals surface area contributed by atoms with E-state index in [2.05, 4.69) is 47.1 Å². The molecule has 0 aliphatic carbocycles. The van der Waals surface area contributed by atoms with Gasteiger partial charge in [-0.15, -0.1) is 0 Å². The van der Waals surface area contributed by atoms with Crippen LogP contribution in [0.4, 0.5) is 0 Å². The minimum atomic E-state index is 0.248. The van der Waals surface area contributed by atoms with E-state index >= 15 is 0 Å². The van der Waals surface area contributed by atoms with Crippen molar-refractivity contribution in [3.8, 4) is 17.6 Å². The Hall–Kier alpha value is -2.97. The van der Waals surface area contributed by atoms with Crippen LogP contribution in [0.15, 0.2) is 48.0 Å². The van der Waals surface area contributed by atoms with Gasteiger partial charge in [0.05, 0.1) is 38.2 Å². The molecule has 4 rings (SSSR count). The SMILES string of the molecule is COc1cc2c(cc1OC)C1=C(C#N)CN(C(C)c3ccccc3)CN1CC2. The summed E-state index contributed by atoms with van der Waals surface area (Å²) in [7, 11) is 3.30. The molecule has 2 aliphatic rings. The number of fused-ring (bicyclic) bond motifs is 3. The molecule has 0 amide bonds. The Labute approximate surface area is 166 Å². The van der Waals surface area contributed by atoms with Gasteiger partial charge < -0.3 is 14.4 Å². The molecule has 2 aromatic rings. The Morgan fingerprint density at radius 1 is 1.07 bits per heavy atom. The van der Waals surface area contributed by atoms with Crippen LogP contribution >= 0.6 is 0 Å². The van der Waals surface area contributed by atoms with Gasteiger partial charge >= 0.3 is 0 Å². The van der Waals surface area contributed by atoms with Crippen LogP contribution in [-0.2, 0) is 6.42 Å². The van der Waals surface area contributed by atoms with E-state index in [0.29, 0.717) is 12.3 Å². The molecule has 5 heteroatoms. The second-order valence-corrected chi connectivity index (χ2v) is 7.29. The second kappa shape index (κ2) is 7.57. The second-order valence-electron chi connectivity index (χ2n) is 7.29. The molecule has 0 N–H and O–H groups in total. The Morgan fingerprint density at radius 2 is 1.79 bits per heavy atom. The lowest BCUT2D eigenvalue weighted by atomic mass is 9.91. The lowest BCUT2D eigenvalue weighted by molar-refractivity contribution is 0.133. The van der Waals surface area contributed by atoms with Crippen molar-refractivity contribution in [1.82, 2.24) is 9.80 Å². The van der Waals surface area contributed by atoms with Crippen LogP contribution < -0.4 is 9.47 Å². The molecule has 0 bridgehead atoms. The van der Waals surface area contributed by atoms with E-state index in [0.717, 1.165) is 42.2 Å². The number of ether oxygens (including phenoxy) is 2. The maximum absolute atomic E-state index is 9.94. The van der Waals surface area contributed by atoms with Gasteiger partial charge in [-0.25, -0.2) is 0 Å². The van der Waals surface area contributed by atoms with E-state index < -0.39 is 0 Å². The van der Waals surface area contributed by atoms with Crippen molar-refractivity contribution in [2.75, 3.05) is 34.0 Å². The highest BCUT2D eigenvalue weighted by molar-refractivity contribution is 5.77. The third-order valence-electron chi connectivity index (χ3n) is 5.80. The fraction of sp³-hybridized carbons (Fsp3) is 0.348. The molecule has 0 spiro atoms. The molecule has 144 valence electrons. The van der Waals surface area contributed by atoms with Crippen LogP contribution in [0.2, 0.25) is 0 Å². The van der Waals surface area contributed by atoms with Crippen LogP contribution in [0.5, 0.6) is 11.5 Å². The molecular weight excluding hydrogens is 350 g/mol. The Balaban J connectivity index is 1.73. The summed E-state index contributed by atoms with van der Waals surface area (Å²) in [6.45, 7) is 4.55. The zero-order valence-corrected chi connectivity index (χ0v) is 16.6. The standard InChI is InChI=1S/C23H25N3O2/c1-16(17-7-5-4-6-8-17)26-14-19(13-24)23-20-12-22(28-3)21(27-2)11-18(20)9-10-25(23)15-26/h4-8,11-12,16H,9-10,14-15H2,1-3H3. The van der Waals surface area contributed by atoms with E-state index in [4.69, 9.17) is 9.47 Å². The van der Waals surface area contributed by atoms with Crippen molar-refractivity contribution in [3.63, 3.8) is 0 Å². The zero-order chi connectivity index (χ0) is 19.7. The smallest absolute Gasteiger partial charge is 0.161 e. The van der Waals surface area contributed by atoms with Gasteiger partial charge in [0.25, 0.3) is 0 Å². The molecule has 0 saturated carbocycles. The normalized spacial score (nSPS) is 17.4. The van der Waals surface area contributed by atoms with Gasteiger partial charge in [-0.2, -0.15) is 5.26 Å². The van der Waals surface area contributed by atoms with Crippen LogP contribution in [0.1, 0.15) is 29.7 Å². The molecule has 1 atom stereocenters. The van der Waals surface area contributed by atoms with E-state index in [1.807, 2.05) is 18.2 Å². The summed E-state index contributed by atoms with van der Waals surface area (Å²) in [6.07, 6.45) is 0.922. The zero-order valence-electron chi connectivity index (χ0n) is 16.6. The predicted octanol–water partition coefficient (Wildman–Crippen LogP) is 3.83. The Bertz CT molecular complexity index is 946. The summed E-state index contributed by atoms with van der Waals surface area (Å²) in [5.74, 6) is 1.44. The highest BCUT2D eigenvalue weighted by Gasteiger charge is 2.33. The minimum absolute atomic E-state index is 0.248. The van der Waals surface area contributed by atoms with Crippen molar-refractivity contribution < 1.29 is 9.47 Å². The molecule has 2 aliphatic heterocycles. The first-order chi connectivity index (χ1) is 13.7. The van der Waals surface area contributed by atoms with Gasteiger partial charge in [0.15, 0.2) is 11.5 Å². The third kappa shape index (κ3) is 3.10. The fourth-order valence-electron chi connectivity index (χ4n) is 4.22. The summed E-state index contributed by atoms with van der Waals surface area (Å²) in [5, 5.41) is 9.94. The van der Waals surface area contributed by atoms with Gasteiger partial charge in [0.2, 0.25) is 0 Å².